The van der Waals surface area contributed by atoms with Crippen LogP contribution in [0.2, 0.25) is 0 Å². The highest BCUT2D eigenvalue weighted by Gasteiger charge is 2.29. The summed E-state index contributed by atoms with van der Waals surface area (Å²) in [7, 11) is 3.34. The molecule has 0 fully saturated rings. The lowest BCUT2D eigenvalue weighted by atomic mass is 10.1. The standard InChI is InChI=1S/2C15H20I3N3O6.C3H4O5/c2*1-19-13-11(17)8(14(26)20-2-6(24)4-22)10(16)9(12(13)18)15(27)21-3-7(25)5-23;4-1(2(5)6)3(7)8/h2*6-7,19,22-25H,2-5H2,1H3,(H,20,26)(H,21,27);1,4H,(H,5,6)(H,7,8). The van der Waals surface area contributed by atoms with E-state index in [0.717, 1.165) is 0 Å². The summed E-state index contributed by atoms with van der Waals surface area (Å²) in [5.41, 5.74) is 2.24. The Morgan fingerprint density at radius 3 is 0.742 bits per heavy atom. The van der Waals surface area contributed by atoms with E-state index >= 15 is 0 Å². The second-order valence-electron chi connectivity index (χ2n) is 11.9. The molecule has 0 aliphatic heterocycles. The van der Waals surface area contributed by atoms with Crippen molar-refractivity contribution in [3.8, 4) is 0 Å². The predicted molar refractivity (Wildman–Crippen MR) is 271 cm³/mol. The Morgan fingerprint density at radius 2 is 0.613 bits per heavy atom. The van der Waals surface area contributed by atoms with Crippen LogP contribution in [-0.2, 0) is 9.59 Å². The van der Waals surface area contributed by atoms with E-state index < -0.39 is 92.5 Å². The highest BCUT2D eigenvalue weighted by atomic mass is 127. The summed E-state index contributed by atoms with van der Waals surface area (Å²) in [6.07, 6.45) is -6.63. The van der Waals surface area contributed by atoms with Crippen molar-refractivity contribution in [2.24, 2.45) is 0 Å². The molecule has 0 radical (unpaired) electrons. The van der Waals surface area contributed by atoms with Gasteiger partial charge in [0.1, 0.15) is 0 Å². The van der Waals surface area contributed by atoms with Crippen molar-refractivity contribution >= 4 is 182 Å². The summed E-state index contributed by atoms with van der Waals surface area (Å²) in [6, 6.07) is 0. The molecule has 0 aliphatic carbocycles. The van der Waals surface area contributed by atoms with Gasteiger partial charge in [0.05, 0.1) is 98.8 Å². The van der Waals surface area contributed by atoms with Gasteiger partial charge in [-0.1, -0.05) is 0 Å². The topological polar surface area (TPSA) is 397 Å². The largest absolute Gasteiger partial charge is 0.479 e. The Balaban J connectivity index is 0.00000102. The quantitative estimate of drug-likeness (QED) is 0.0500. The molecule has 350 valence electrons. The predicted octanol–water partition coefficient (Wildman–Crippen LogP) is -2.07. The average molecular weight is 1560 g/mol. The van der Waals surface area contributed by atoms with Gasteiger partial charge in [-0.05, 0) is 136 Å². The molecule has 0 saturated heterocycles. The number of hydrogen-bond acceptors (Lipinski definition) is 17. The van der Waals surface area contributed by atoms with Crippen LogP contribution < -0.4 is 31.9 Å². The number of benzene rings is 2. The molecular weight excluding hydrogens is 1510 g/mol. The number of halogens is 6. The minimum atomic E-state index is -2.30. The molecule has 4 unspecified atom stereocenters. The number of carboxylic acids is 2. The summed E-state index contributed by atoms with van der Waals surface area (Å²) in [6.45, 7) is -2.46. The molecule has 0 heterocycles. The van der Waals surface area contributed by atoms with Crippen molar-refractivity contribution in [1.82, 2.24) is 21.3 Å². The van der Waals surface area contributed by atoms with Crippen LogP contribution in [0.25, 0.3) is 0 Å². The van der Waals surface area contributed by atoms with E-state index in [9.17, 15) is 49.2 Å². The van der Waals surface area contributed by atoms with Gasteiger partial charge in [0.15, 0.2) is 0 Å². The van der Waals surface area contributed by atoms with Gasteiger partial charge in [-0.25, -0.2) is 9.59 Å². The summed E-state index contributed by atoms with van der Waals surface area (Å²) in [5.74, 6) is -5.47. The number of carboxylic acid groups (broad SMARTS) is 2. The van der Waals surface area contributed by atoms with E-state index in [2.05, 4.69) is 31.9 Å². The van der Waals surface area contributed by atoms with E-state index in [1.54, 1.807) is 14.1 Å². The monoisotopic (exact) mass is 1560 g/mol. The van der Waals surface area contributed by atoms with Gasteiger partial charge < -0.3 is 88.1 Å². The van der Waals surface area contributed by atoms with Gasteiger partial charge in [-0.2, -0.15) is 0 Å². The van der Waals surface area contributed by atoms with Crippen LogP contribution in [0.5, 0.6) is 0 Å². The molecular formula is C33H44I6N6O17. The van der Waals surface area contributed by atoms with Crippen molar-refractivity contribution in [2.75, 3.05) is 77.3 Å². The van der Waals surface area contributed by atoms with Crippen LogP contribution in [-0.4, -0.2) is 189 Å². The van der Waals surface area contributed by atoms with Gasteiger partial charge in [-0.3, -0.25) is 19.2 Å². The zero-order valence-electron chi connectivity index (χ0n) is 32.2. The molecule has 17 N–H and O–H groups in total. The fourth-order valence-corrected chi connectivity index (χ4v) is 13.5. The lowest BCUT2D eigenvalue weighted by Gasteiger charge is -2.19. The molecule has 23 nitrogen and oxygen atoms in total. The molecule has 29 heteroatoms. The van der Waals surface area contributed by atoms with Gasteiger partial charge in [0, 0.05) is 47.4 Å². The first kappa shape index (κ1) is 60.9. The van der Waals surface area contributed by atoms with E-state index in [0.29, 0.717) is 32.8 Å². The van der Waals surface area contributed by atoms with Gasteiger partial charge in [-0.15, -0.1) is 0 Å². The number of carbonyl (C=O) groups excluding carboxylic acids is 4. The minimum Gasteiger partial charge on any atom is -0.479 e. The van der Waals surface area contributed by atoms with Crippen LogP contribution in [0.15, 0.2) is 0 Å². The maximum absolute atomic E-state index is 12.6. The first-order chi connectivity index (χ1) is 28.9. The fraction of sp³-hybridized carbons (Fsp3) is 0.455. The second kappa shape index (κ2) is 31.0. The van der Waals surface area contributed by atoms with Crippen LogP contribution in [0, 0.1) is 21.4 Å². The molecule has 0 spiro atoms. The maximum Gasteiger partial charge on any atom is 0.344 e. The lowest BCUT2D eigenvalue weighted by molar-refractivity contribution is -0.161. The van der Waals surface area contributed by atoms with Crippen LogP contribution >= 0.6 is 136 Å². The Morgan fingerprint density at radius 1 is 0.419 bits per heavy atom. The maximum atomic E-state index is 12.6. The van der Waals surface area contributed by atoms with E-state index in [1.165, 1.54) is 0 Å². The number of nitrogens with one attached hydrogen (secondary N) is 6. The normalized spacial score (nSPS) is 12.5. The number of anilines is 2. The number of carbonyl (C=O) groups is 6. The zero-order chi connectivity index (χ0) is 48.2. The third kappa shape index (κ3) is 18.6. The molecule has 4 amide bonds. The van der Waals surface area contributed by atoms with Gasteiger partial charge >= 0.3 is 11.9 Å². The van der Waals surface area contributed by atoms with Crippen molar-refractivity contribution in [2.45, 2.75) is 30.5 Å². The van der Waals surface area contributed by atoms with Crippen molar-refractivity contribution in [3.63, 3.8) is 0 Å². The lowest BCUT2D eigenvalue weighted by Crippen LogP contribution is -2.37. The summed E-state index contributed by atoms with van der Waals surface area (Å²) in [5, 5.41) is 113. The number of aliphatic carboxylic acids is 2. The summed E-state index contributed by atoms with van der Waals surface area (Å²) < 4.78 is 3.23. The second-order valence-corrected chi connectivity index (χ2v) is 18.4. The average Bonchev–Trinajstić information content (AvgIpc) is 3.22. The van der Waals surface area contributed by atoms with E-state index in [4.69, 9.17) is 35.7 Å². The molecule has 0 aliphatic rings. The van der Waals surface area contributed by atoms with E-state index in [-0.39, 0.29) is 48.4 Å². The highest BCUT2D eigenvalue weighted by molar-refractivity contribution is 14.1. The van der Waals surface area contributed by atoms with Gasteiger partial charge in [0.2, 0.25) is 6.10 Å². The molecule has 0 aromatic heterocycles. The summed E-state index contributed by atoms with van der Waals surface area (Å²) in [4.78, 5) is 69.5. The third-order valence-corrected chi connectivity index (χ3v) is 13.8. The number of rotatable bonds is 20. The molecule has 0 saturated carbocycles. The van der Waals surface area contributed by atoms with Crippen LogP contribution in [0.1, 0.15) is 41.4 Å². The minimum absolute atomic E-state index is 0.132. The number of hydrogen-bond donors (Lipinski definition) is 17. The number of aliphatic hydroxyl groups is 9. The fourth-order valence-electron chi connectivity index (χ4n) is 4.12. The molecule has 2 rings (SSSR count). The Kier molecular flexibility index (Phi) is 30.4. The van der Waals surface area contributed by atoms with Crippen LogP contribution in [0.3, 0.4) is 0 Å². The Labute approximate surface area is 435 Å². The third-order valence-electron chi connectivity index (χ3n) is 7.35. The first-order valence-corrected chi connectivity index (χ1v) is 23.6. The van der Waals surface area contributed by atoms with Crippen molar-refractivity contribution < 1.29 is 84.9 Å². The van der Waals surface area contributed by atoms with Gasteiger partial charge in [0.25, 0.3) is 23.6 Å². The molecule has 62 heavy (non-hydrogen) atoms. The Hall–Kier alpha value is -1.12. The van der Waals surface area contributed by atoms with Crippen molar-refractivity contribution in [1.29, 1.82) is 0 Å². The first-order valence-electron chi connectivity index (χ1n) is 17.1. The summed E-state index contributed by atoms with van der Waals surface area (Å²) >= 11 is 11.8. The SMILES string of the molecule is CNc1c(I)c(C(=O)NCC(O)CO)c(I)c(C(=O)NCC(O)CO)c1I.CNc1c(I)c(C(=O)NCC(O)CO)c(I)c(C(=O)NCC(O)CO)c1I.O=C(O)C(O)C(=O)O. The number of amides is 4. The molecule has 4 atom stereocenters. The van der Waals surface area contributed by atoms with Crippen LogP contribution in [0.4, 0.5) is 11.4 Å². The highest BCUT2D eigenvalue weighted by Crippen LogP contribution is 2.36. The Bertz CT molecular complexity index is 1660. The van der Waals surface area contributed by atoms with Crippen molar-refractivity contribution in [3.05, 3.63) is 43.7 Å². The number of aliphatic hydroxyl groups excluding tert-OH is 9. The smallest absolute Gasteiger partial charge is 0.344 e. The molecule has 2 aromatic rings. The van der Waals surface area contributed by atoms with E-state index in [1.807, 2.05) is 136 Å². The molecule has 2 aromatic carbocycles. The zero-order valence-corrected chi connectivity index (χ0v) is 45.1. The molecule has 0 bridgehead atoms.